The van der Waals surface area contributed by atoms with Crippen LogP contribution in [0.4, 0.5) is 0 Å². The molecule has 0 aromatic rings. The summed E-state index contributed by atoms with van der Waals surface area (Å²) in [5.41, 5.74) is 8.10. The van der Waals surface area contributed by atoms with Gasteiger partial charge in [-0.25, -0.2) is 0 Å². The zero-order valence-corrected chi connectivity index (χ0v) is 14.6. The van der Waals surface area contributed by atoms with Crippen molar-refractivity contribution in [2.24, 2.45) is 16.4 Å². The summed E-state index contributed by atoms with van der Waals surface area (Å²) in [6.07, 6.45) is 5.21. The van der Waals surface area contributed by atoms with Gasteiger partial charge in [-0.2, -0.15) is 0 Å². The molecule has 6 nitrogen and oxygen atoms in total. The number of ketones is 1. The first-order valence-electron chi connectivity index (χ1n) is 7.60. The summed E-state index contributed by atoms with van der Waals surface area (Å²) >= 11 is 0. The standard InChI is InChI=1S/C15H23N3O3Si/c1-11(19)21-10-14(7-5-9-17-18-16)13-12(20)6-8-15(13,14)22(2,3)4/h6,8,13H,5,7,9-10H2,1-4H3/t13-,14?,15+/m1/s1. The maximum absolute atomic E-state index is 12.3. The van der Waals surface area contributed by atoms with Crippen LogP contribution in [-0.2, 0) is 14.3 Å². The minimum Gasteiger partial charge on any atom is -0.465 e. The number of hydrogen-bond donors (Lipinski definition) is 0. The quantitative estimate of drug-likeness (QED) is 0.179. The van der Waals surface area contributed by atoms with E-state index in [-0.39, 0.29) is 34.7 Å². The maximum Gasteiger partial charge on any atom is 0.302 e. The summed E-state index contributed by atoms with van der Waals surface area (Å²) in [5, 5.41) is 3.44. The molecule has 0 amide bonds. The highest BCUT2D eigenvalue weighted by molar-refractivity contribution is 6.81. The topological polar surface area (TPSA) is 92.1 Å². The van der Waals surface area contributed by atoms with Crippen molar-refractivity contribution in [3.05, 3.63) is 22.6 Å². The lowest BCUT2D eigenvalue weighted by Crippen LogP contribution is -2.34. The lowest BCUT2D eigenvalue weighted by atomic mass is 9.92. The molecule has 120 valence electrons. The highest BCUT2D eigenvalue weighted by Crippen LogP contribution is 2.84. The van der Waals surface area contributed by atoms with Crippen molar-refractivity contribution in [2.75, 3.05) is 13.2 Å². The Hall–Kier alpha value is -1.59. The number of carbonyl (C=O) groups is 2. The van der Waals surface area contributed by atoms with E-state index < -0.39 is 8.07 Å². The molecule has 0 spiro atoms. The van der Waals surface area contributed by atoms with Gasteiger partial charge in [0.1, 0.15) is 0 Å². The Morgan fingerprint density at radius 1 is 1.50 bits per heavy atom. The van der Waals surface area contributed by atoms with E-state index in [1.807, 2.05) is 0 Å². The second-order valence-electron chi connectivity index (χ2n) is 7.28. The van der Waals surface area contributed by atoms with E-state index in [9.17, 15) is 9.59 Å². The van der Waals surface area contributed by atoms with Gasteiger partial charge in [0.15, 0.2) is 5.78 Å². The van der Waals surface area contributed by atoms with Crippen molar-refractivity contribution in [1.29, 1.82) is 0 Å². The summed E-state index contributed by atoms with van der Waals surface area (Å²) in [6.45, 7) is 8.85. The number of ether oxygens (including phenoxy) is 1. The van der Waals surface area contributed by atoms with Crippen LogP contribution in [0.3, 0.4) is 0 Å². The molecular formula is C15H23N3O3Si. The van der Waals surface area contributed by atoms with Crippen LogP contribution in [0.15, 0.2) is 17.3 Å². The normalized spacial score (nSPS) is 32.4. The minimum atomic E-state index is -1.69. The average Bonchev–Trinajstić information content (AvgIpc) is 2.84. The van der Waals surface area contributed by atoms with Gasteiger partial charge in [0.2, 0.25) is 0 Å². The molecule has 0 saturated heterocycles. The number of nitrogens with zero attached hydrogens (tertiary/aromatic N) is 3. The van der Waals surface area contributed by atoms with Crippen LogP contribution in [0, 0.1) is 11.3 Å². The summed E-state index contributed by atoms with van der Waals surface area (Å²) in [6, 6.07) is 0. The van der Waals surface area contributed by atoms with Gasteiger partial charge in [-0.3, -0.25) is 9.59 Å². The second-order valence-corrected chi connectivity index (χ2v) is 12.6. The number of esters is 1. The van der Waals surface area contributed by atoms with E-state index in [0.717, 1.165) is 6.42 Å². The molecular weight excluding hydrogens is 298 g/mol. The predicted octanol–water partition coefficient (Wildman–Crippen LogP) is 3.47. The Balaban J connectivity index is 2.29. The van der Waals surface area contributed by atoms with Gasteiger partial charge in [-0.15, -0.1) is 0 Å². The smallest absolute Gasteiger partial charge is 0.302 e. The third-order valence-electron chi connectivity index (χ3n) is 5.26. The molecule has 0 bridgehead atoms. The lowest BCUT2D eigenvalue weighted by molar-refractivity contribution is -0.143. The summed E-state index contributed by atoms with van der Waals surface area (Å²) in [4.78, 5) is 26.4. The first-order valence-corrected chi connectivity index (χ1v) is 11.1. The number of azide groups is 1. The Morgan fingerprint density at radius 2 is 2.18 bits per heavy atom. The number of fused-ring (bicyclic) bond motifs is 1. The molecule has 0 aromatic heterocycles. The van der Waals surface area contributed by atoms with Gasteiger partial charge in [0, 0.05) is 34.8 Å². The van der Waals surface area contributed by atoms with Crippen LogP contribution >= 0.6 is 0 Å². The molecule has 2 aliphatic carbocycles. The van der Waals surface area contributed by atoms with E-state index in [0.29, 0.717) is 13.0 Å². The molecule has 0 N–H and O–H groups in total. The fourth-order valence-corrected chi connectivity index (χ4v) is 8.12. The molecule has 1 fully saturated rings. The average molecular weight is 321 g/mol. The molecule has 1 unspecified atom stereocenters. The van der Waals surface area contributed by atoms with Crippen LogP contribution in [0.5, 0.6) is 0 Å². The lowest BCUT2D eigenvalue weighted by Gasteiger charge is -2.32. The largest absolute Gasteiger partial charge is 0.465 e. The van der Waals surface area contributed by atoms with Gasteiger partial charge >= 0.3 is 5.97 Å². The highest BCUT2D eigenvalue weighted by atomic mass is 28.3. The predicted molar refractivity (Wildman–Crippen MR) is 86.0 cm³/mol. The van der Waals surface area contributed by atoms with Gasteiger partial charge in [0.05, 0.1) is 14.7 Å². The molecule has 22 heavy (non-hydrogen) atoms. The van der Waals surface area contributed by atoms with Gasteiger partial charge in [-0.05, 0) is 24.4 Å². The molecule has 0 aromatic carbocycles. The van der Waals surface area contributed by atoms with E-state index in [2.05, 4.69) is 35.7 Å². The zero-order chi connectivity index (χ0) is 16.6. The van der Waals surface area contributed by atoms with Gasteiger partial charge < -0.3 is 4.74 Å². The van der Waals surface area contributed by atoms with Crippen molar-refractivity contribution in [1.82, 2.24) is 0 Å². The van der Waals surface area contributed by atoms with Crippen LogP contribution < -0.4 is 0 Å². The number of hydrogen-bond acceptors (Lipinski definition) is 4. The molecule has 2 aliphatic rings. The van der Waals surface area contributed by atoms with Crippen LogP contribution in [-0.4, -0.2) is 33.0 Å². The number of allylic oxidation sites excluding steroid dienone is 2. The van der Waals surface area contributed by atoms with Crippen molar-refractivity contribution in [3.8, 4) is 0 Å². The number of rotatable bonds is 7. The van der Waals surface area contributed by atoms with Crippen LogP contribution in [0.2, 0.25) is 24.7 Å². The van der Waals surface area contributed by atoms with Crippen molar-refractivity contribution in [2.45, 2.75) is 44.4 Å². The van der Waals surface area contributed by atoms with Gasteiger partial charge in [0.25, 0.3) is 0 Å². The monoisotopic (exact) mass is 321 g/mol. The molecule has 7 heteroatoms. The first-order chi connectivity index (χ1) is 10.2. The Bertz CT molecular complexity index is 577. The van der Waals surface area contributed by atoms with E-state index in [4.69, 9.17) is 10.3 Å². The van der Waals surface area contributed by atoms with Crippen molar-refractivity contribution in [3.63, 3.8) is 0 Å². The number of carbonyl (C=O) groups excluding carboxylic acids is 2. The minimum absolute atomic E-state index is 0.0721. The summed E-state index contributed by atoms with van der Waals surface area (Å²) in [7, 11) is -1.69. The van der Waals surface area contributed by atoms with E-state index >= 15 is 0 Å². The molecule has 0 heterocycles. The Kier molecular flexibility index (Phi) is 4.23. The third kappa shape index (κ3) is 2.28. The molecule has 0 radical (unpaired) electrons. The van der Waals surface area contributed by atoms with Crippen LogP contribution in [0.1, 0.15) is 19.8 Å². The molecule has 1 saturated carbocycles. The summed E-state index contributed by atoms with van der Waals surface area (Å²) in [5.74, 6) is -0.239. The van der Waals surface area contributed by atoms with Gasteiger partial charge in [-0.1, -0.05) is 30.8 Å². The van der Waals surface area contributed by atoms with Crippen molar-refractivity contribution >= 4 is 19.8 Å². The first kappa shape index (κ1) is 16.8. The second kappa shape index (κ2) is 5.55. The molecule has 3 atom stereocenters. The fourth-order valence-electron chi connectivity index (χ4n) is 4.49. The Morgan fingerprint density at radius 3 is 2.68 bits per heavy atom. The zero-order valence-electron chi connectivity index (χ0n) is 13.6. The third-order valence-corrected chi connectivity index (χ3v) is 8.70. The Labute approximate surface area is 131 Å². The van der Waals surface area contributed by atoms with E-state index in [1.54, 1.807) is 6.08 Å². The maximum atomic E-state index is 12.3. The fraction of sp³-hybridized carbons (Fsp3) is 0.733. The van der Waals surface area contributed by atoms with Crippen LogP contribution in [0.25, 0.3) is 10.4 Å². The van der Waals surface area contributed by atoms with E-state index in [1.165, 1.54) is 6.92 Å². The highest BCUT2D eigenvalue weighted by Gasteiger charge is 2.82. The summed E-state index contributed by atoms with van der Waals surface area (Å²) < 4.78 is 5.32. The SMILES string of the molecule is CC(=O)OCC1(CCCN=[N+]=[N-])[C@H]2C(=O)C=C[C@]21[Si](C)(C)C. The molecule has 0 aliphatic heterocycles. The van der Waals surface area contributed by atoms with Crippen molar-refractivity contribution < 1.29 is 14.3 Å². The molecule has 2 rings (SSSR count).